The van der Waals surface area contributed by atoms with Gasteiger partial charge in [0.25, 0.3) is 0 Å². The molecule has 3 rings (SSSR count). The topological polar surface area (TPSA) is 57.7 Å². The van der Waals surface area contributed by atoms with Gasteiger partial charge in [-0.2, -0.15) is 0 Å². The summed E-state index contributed by atoms with van der Waals surface area (Å²) in [6, 6.07) is 15.8. The van der Waals surface area contributed by atoms with Gasteiger partial charge in [-0.05, 0) is 55.5 Å². The van der Waals surface area contributed by atoms with E-state index >= 15 is 0 Å². The highest BCUT2D eigenvalue weighted by atomic mass is 32.2. The molecule has 2 aromatic carbocycles. The molecular formula is C27H38N2O3S. The van der Waals surface area contributed by atoms with E-state index in [4.69, 9.17) is 0 Å². The highest BCUT2D eigenvalue weighted by Crippen LogP contribution is 2.25. The zero-order valence-corrected chi connectivity index (χ0v) is 21.3. The second kappa shape index (κ2) is 11.3. The average Bonchev–Trinajstić information content (AvgIpc) is 3.25. The van der Waals surface area contributed by atoms with E-state index in [2.05, 4.69) is 4.90 Å². The highest BCUT2D eigenvalue weighted by molar-refractivity contribution is 7.90. The van der Waals surface area contributed by atoms with E-state index < -0.39 is 9.84 Å². The number of carbonyl (C=O) groups is 1. The van der Waals surface area contributed by atoms with Crippen LogP contribution in [0.25, 0.3) is 0 Å². The first-order valence-electron chi connectivity index (χ1n) is 12.0. The summed E-state index contributed by atoms with van der Waals surface area (Å²) in [7, 11) is -1.30. The molecule has 1 atom stereocenters. The Labute approximate surface area is 199 Å². The fourth-order valence-corrected chi connectivity index (χ4v) is 6.37. The van der Waals surface area contributed by atoms with Crippen molar-refractivity contribution in [3.63, 3.8) is 0 Å². The molecule has 0 bridgehead atoms. The number of aryl methyl sites for hydroxylation is 1. The zero-order chi connectivity index (χ0) is 24.0. The van der Waals surface area contributed by atoms with Gasteiger partial charge < -0.3 is 9.80 Å². The lowest BCUT2D eigenvalue weighted by atomic mass is 10.0. The van der Waals surface area contributed by atoms with Crippen LogP contribution in [0.15, 0.2) is 48.5 Å². The normalized spacial score (nSPS) is 15.7. The molecule has 180 valence electrons. The van der Waals surface area contributed by atoms with Crippen molar-refractivity contribution in [3.8, 4) is 0 Å². The van der Waals surface area contributed by atoms with Gasteiger partial charge in [0.15, 0.2) is 9.84 Å². The molecule has 1 amide bonds. The first-order chi connectivity index (χ1) is 15.6. The van der Waals surface area contributed by atoms with Crippen molar-refractivity contribution in [3.05, 3.63) is 70.8 Å². The number of sulfone groups is 1. The maximum absolute atomic E-state index is 13.2. The Morgan fingerprint density at radius 1 is 1.03 bits per heavy atom. The lowest BCUT2D eigenvalue weighted by Gasteiger charge is -2.32. The molecule has 6 heteroatoms. The summed E-state index contributed by atoms with van der Waals surface area (Å²) in [6.45, 7) is 8.73. The van der Waals surface area contributed by atoms with Crippen LogP contribution in [-0.4, -0.2) is 56.6 Å². The standard InChI is InChI=1S/C27H38N2O3S/c1-21(2)19-33(31,32)20-24-8-7-9-25(16-24)26(18-29-14-5-6-15-29)28(4)27(30)17-23-12-10-22(3)11-13-23/h7-13,16,21,26H,5-6,14-15,17-20H2,1-4H3/t26-/m1/s1. The molecule has 33 heavy (non-hydrogen) atoms. The lowest BCUT2D eigenvalue weighted by Crippen LogP contribution is -2.39. The summed E-state index contributed by atoms with van der Waals surface area (Å²) in [6.07, 6.45) is 2.72. The summed E-state index contributed by atoms with van der Waals surface area (Å²) in [5, 5.41) is 0. The van der Waals surface area contributed by atoms with Gasteiger partial charge in [-0.1, -0.05) is 67.9 Å². The second-order valence-corrected chi connectivity index (χ2v) is 12.0. The molecule has 2 aromatic rings. The van der Waals surface area contributed by atoms with Crippen LogP contribution in [0.5, 0.6) is 0 Å². The van der Waals surface area contributed by atoms with Crippen LogP contribution in [0, 0.1) is 12.8 Å². The number of benzene rings is 2. The molecule has 1 saturated heterocycles. The number of hydrogen-bond donors (Lipinski definition) is 0. The predicted octanol–water partition coefficient (Wildman–Crippen LogP) is 4.40. The lowest BCUT2D eigenvalue weighted by molar-refractivity contribution is -0.131. The van der Waals surface area contributed by atoms with Crippen molar-refractivity contribution in [2.75, 3.05) is 32.4 Å². The van der Waals surface area contributed by atoms with Gasteiger partial charge in [-0.25, -0.2) is 8.42 Å². The first kappa shape index (κ1) is 25.4. The van der Waals surface area contributed by atoms with Gasteiger partial charge in [0, 0.05) is 13.6 Å². The summed E-state index contributed by atoms with van der Waals surface area (Å²) < 4.78 is 25.1. The third-order valence-electron chi connectivity index (χ3n) is 6.28. The van der Waals surface area contributed by atoms with E-state index in [0.29, 0.717) is 6.42 Å². The fraction of sp³-hybridized carbons (Fsp3) is 0.519. The number of likely N-dealkylation sites (N-methyl/N-ethyl adjacent to an activating group) is 1. The minimum absolute atomic E-state index is 0.0382. The molecule has 0 aromatic heterocycles. The number of rotatable bonds is 10. The van der Waals surface area contributed by atoms with E-state index in [1.807, 2.05) is 81.2 Å². The fourth-order valence-electron chi connectivity index (χ4n) is 4.55. The third kappa shape index (κ3) is 7.68. The summed E-state index contributed by atoms with van der Waals surface area (Å²) in [4.78, 5) is 17.5. The molecule has 0 unspecified atom stereocenters. The molecule has 1 heterocycles. The Balaban J connectivity index is 1.82. The Kier molecular flexibility index (Phi) is 8.71. The van der Waals surface area contributed by atoms with Crippen molar-refractivity contribution >= 4 is 15.7 Å². The smallest absolute Gasteiger partial charge is 0.227 e. The Morgan fingerprint density at radius 2 is 1.70 bits per heavy atom. The number of likely N-dealkylation sites (tertiary alicyclic amines) is 1. The van der Waals surface area contributed by atoms with E-state index in [9.17, 15) is 13.2 Å². The van der Waals surface area contributed by atoms with Gasteiger partial charge in [-0.15, -0.1) is 0 Å². The third-order valence-corrected chi connectivity index (χ3v) is 8.22. The van der Waals surface area contributed by atoms with Crippen LogP contribution >= 0.6 is 0 Å². The van der Waals surface area contributed by atoms with E-state index in [0.717, 1.165) is 36.3 Å². The van der Waals surface area contributed by atoms with Crippen molar-refractivity contribution in [1.29, 1.82) is 0 Å². The van der Waals surface area contributed by atoms with Crippen LogP contribution in [0.1, 0.15) is 55.0 Å². The maximum atomic E-state index is 13.2. The summed E-state index contributed by atoms with van der Waals surface area (Å²) in [5.41, 5.74) is 3.97. The number of carbonyl (C=O) groups excluding carboxylic acids is 1. The Morgan fingerprint density at radius 3 is 2.33 bits per heavy atom. The van der Waals surface area contributed by atoms with Crippen molar-refractivity contribution in [2.45, 2.75) is 51.8 Å². The van der Waals surface area contributed by atoms with Crippen molar-refractivity contribution < 1.29 is 13.2 Å². The molecule has 0 N–H and O–H groups in total. The van der Waals surface area contributed by atoms with E-state index in [-0.39, 0.29) is 29.4 Å². The van der Waals surface area contributed by atoms with E-state index in [1.54, 1.807) is 0 Å². The largest absolute Gasteiger partial charge is 0.337 e. The molecule has 0 aliphatic carbocycles. The first-order valence-corrected chi connectivity index (χ1v) is 13.8. The molecule has 0 spiro atoms. The predicted molar refractivity (Wildman–Crippen MR) is 135 cm³/mol. The van der Waals surface area contributed by atoms with Gasteiger partial charge in [-0.3, -0.25) is 4.79 Å². The second-order valence-electron chi connectivity index (χ2n) is 9.88. The molecular weight excluding hydrogens is 432 g/mol. The molecule has 5 nitrogen and oxygen atoms in total. The van der Waals surface area contributed by atoms with Crippen molar-refractivity contribution in [1.82, 2.24) is 9.80 Å². The quantitative estimate of drug-likeness (QED) is 0.516. The molecule has 1 aliphatic heterocycles. The molecule has 0 radical (unpaired) electrons. The van der Waals surface area contributed by atoms with Gasteiger partial charge in [0.05, 0.1) is 24.0 Å². The number of amides is 1. The van der Waals surface area contributed by atoms with E-state index in [1.165, 1.54) is 18.4 Å². The SMILES string of the molecule is Cc1ccc(CC(=O)N(C)[C@H](CN2CCCC2)c2cccc(CS(=O)(=O)CC(C)C)c2)cc1. The Bertz CT molecular complexity index is 1030. The van der Waals surface area contributed by atoms with Crippen LogP contribution in [0.4, 0.5) is 0 Å². The summed E-state index contributed by atoms with van der Waals surface area (Å²) >= 11 is 0. The van der Waals surface area contributed by atoms with Crippen molar-refractivity contribution in [2.24, 2.45) is 5.92 Å². The van der Waals surface area contributed by atoms with Crippen LogP contribution in [-0.2, 0) is 26.8 Å². The van der Waals surface area contributed by atoms with Crippen LogP contribution in [0.2, 0.25) is 0 Å². The summed E-state index contributed by atoms with van der Waals surface area (Å²) in [5.74, 6) is 0.396. The van der Waals surface area contributed by atoms with Gasteiger partial charge in [0.2, 0.25) is 5.91 Å². The van der Waals surface area contributed by atoms with Crippen LogP contribution < -0.4 is 0 Å². The molecule has 0 saturated carbocycles. The minimum atomic E-state index is -3.17. The molecule has 1 aliphatic rings. The van der Waals surface area contributed by atoms with Gasteiger partial charge >= 0.3 is 0 Å². The Hall–Kier alpha value is -2.18. The number of nitrogens with zero attached hydrogens (tertiary/aromatic N) is 2. The average molecular weight is 471 g/mol. The van der Waals surface area contributed by atoms with Gasteiger partial charge in [0.1, 0.15) is 0 Å². The molecule has 1 fully saturated rings. The monoisotopic (exact) mass is 470 g/mol. The highest BCUT2D eigenvalue weighted by Gasteiger charge is 2.26. The number of hydrogen-bond acceptors (Lipinski definition) is 4. The zero-order valence-electron chi connectivity index (χ0n) is 20.5. The van der Waals surface area contributed by atoms with Crippen LogP contribution in [0.3, 0.4) is 0 Å². The maximum Gasteiger partial charge on any atom is 0.227 e. The minimum Gasteiger partial charge on any atom is -0.337 e.